The van der Waals surface area contributed by atoms with Crippen molar-refractivity contribution in [1.29, 1.82) is 0 Å². The Bertz CT molecular complexity index is 1060. The van der Waals surface area contributed by atoms with E-state index in [-0.39, 0.29) is 5.91 Å². The quantitative estimate of drug-likeness (QED) is 0.592. The van der Waals surface area contributed by atoms with Crippen molar-refractivity contribution in [2.24, 2.45) is 0 Å². The number of carbonyl (C=O) groups is 1. The highest BCUT2D eigenvalue weighted by Gasteiger charge is 2.11. The number of rotatable bonds is 3. The number of benzene rings is 2. The van der Waals surface area contributed by atoms with Crippen LogP contribution in [0.5, 0.6) is 0 Å². The van der Waals surface area contributed by atoms with E-state index in [9.17, 15) is 4.79 Å². The second kappa shape index (κ2) is 5.90. The first-order chi connectivity index (χ1) is 12.1. The van der Waals surface area contributed by atoms with Crippen molar-refractivity contribution in [3.63, 3.8) is 0 Å². The molecule has 25 heavy (non-hydrogen) atoms. The molecule has 0 saturated carbocycles. The number of carbonyl (C=O) groups excluding carboxylic acids is 1. The van der Waals surface area contributed by atoms with Gasteiger partial charge in [0.1, 0.15) is 0 Å². The lowest BCUT2D eigenvalue weighted by Crippen LogP contribution is -2.11. The van der Waals surface area contributed by atoms with Crippen molar-refractivity contribution >= 4 is 22.5 Å². The molecule has 0 unspecified atom stereocenters. The summed E-state index contributed by atoms with van der Waals surface area (Å²) in [5, 5.41) is 11.5. The number of nitrogens with zero attached hydrogens (tertiary/aromatic N) is 2. The van der Waals surface area contributed by atoms with Crippen LogP contribution in [0.2, 0.25) is 0 Å². The molecule has 6 nitrogen and oxygen atoms in total. The van der Waals surface area contributed by atoms with Gasteiger partial charge in [0, 0.05) is 33.4 Å². The van der Waals surface area contributed by atoms with Crippen LogP contribution >= 0.6 is 0 Å². The maximum Gasteiger partial charge on any atom is 0.255 e. The van der Waals surface area contributed by atoms with E-state index in [0.717, 1.165) is 27.7 Å². The molecule has 0 aliphatic carbocycles. The van der Waals surface area contributed by atoms with Crippen molar-refractivity contribution in [1.82, 2.24) is 15.2 Å². The first-order valence-corrected chi connectivity index (χ1v) is 7.89. The predicted octanol–water partition coefficient (Wildman–Crippen LogP) is 4.09. The normalized spacial score (nSPS) is 11.0. The van der Waals surface area contributed by atoms with Gasteiger partial charge in [-0.25, -0.2) is 0 Å². The summed E-state index contributed by atoms with van der Waals surface area (Å²) in [7, 11) is 0. The van der Waals surface area contributed by atoms with Crippen molar-refractivity contribution in [2.75, 3.05) is 5.32 Å². The molecule has 0 saturated heterocycles. The van der Waals surface area contributed by atoms with Crippen molar-refractivity contribution < 1.29 is 9.21 Å². The van der Waals surface area contributed by atoms with Gasteiger partial charge < -0.3 is 14.7 Å². The number of hydrogen-bond donors (Lipinski definition) is 2. The van der Waals surface area contributed by atoms with Gasteiger partial charge in [-0.05, 0) is 55.8 Å². The molecule has 4 rings (SSSR count). The number of H-pyrrole nitrogens is 1. The molecule has 6 heteroatoms. The Labute approximate surface area is 143 Å². The molecule has 2 aromatic carbocycles. The van der Waals surface area contributed by atoms with Gasteiger partial charge in [0.2, 0.25) is 12.3 Å². The van der Waals surface area contributed by atoms with Crippen molar-refractivity contribution in [3.8, 4) is 11.5 Å². The first kappa shape index (κ1) is 15.1. The van der Waals surface area contributed by atoms with Gasteiger partial charge in [0.15, 0.2) is 0 Å². The number of fused-ring (bicyclic) bond motifs is 1. The fourth-order valence-electron chi connectivity index (χ4n) is 2.83. The number of anilines is 1. The van der Waals surface area contributed by atoms with Gasteiger partial charge in [0.05, 0.1) is 0 Å². The van der Waals surface area contributed by atoms with Crippen LogP contribution in [0.25, 0.3) is 22.4 Å². The highest BCUT2D eigenvalue weighted by molar-refractivity contribution is 6.06. The Morgan fingerprint density at radius 2 is 2.04 bits per heavy atom. The number of hydrogen-bond acceptors (Lipinski definition) is 4. The standard InChI is InChI=1S/C19H16N4O2/c1-11-12(2)21-17-7-6-13(9-16(11)17)18(24)22-15-5-3-4-14(8-15)19-23-20-10-25-19/h3-10,21H,1-2H3,(H,22,24). The van der Waals surface area contributed by atoms with Crippen molar-refractivity contribution in [3.05, 3.63) is 65.7 Å². The second-order valence-corrected chi connectivity index (χ2v) is 5.91. The number of aromatic amines is 1. The lowest BCUT2D eigenvalue weighted by Gasteiger charge is -2.07. The van der Waals surface area contributed by atoms with Crippen LogP contribution in [-0.4, -0.2) is 21.1 Å². The van der Waals surface area contributed by atoms with E-state index in [1.54, 1.807) is 6.07 Å². The van der Waals surface area contributed by atoms with Crippen LogP contribution in [-0.2, 0) is 0 Å². The summed E-state index contributed by atoms with van der Waals surface area (Å²) >= 11 is 0. The van der Waals surface area contributed by atoms with Gasteiger partial charge >= 0.3 is 0 Å². The maximum absolute atomic E-state index is 12.6. The minimum absolute atomic E-state index is 0.164. The van der Waals surface area contributed by atoms with Gasteiger partial charge in [-0.3, -0.25) is 4.79 Å². The minimum atomic E-state index is -0.164. The average molecular weight is 332 g/mol. The zero-order chi connectivity index (χ0) is 17.4. The van der Waals surface area contributed by atoms with Crippen LogP contribution in [0.4, 0.5) is 5.69 Å². The molecular weight excluding hydrogens is 316 g/mol. The van der Waals surface area contributed by atoms with E-state index in [2.05, 4.69) is 20.5 Å². The lowest BCUT2D eigenvalue weighted by molar-refractivity contribution is 0.102. The maximum atomic E-state index is 12.6. The van der Waals surface area contributed by atoms with Crippen LogP contribution in [0.3, 0.4) is 0 Å². The molecule has 0 spiro atoms. The predicted molar refractivity (Wildman–Crippen MR) is 95.5 cm³/mol. The van der Waals surface area contributed by atoms with Gasteiger partial charge in [-0.1, -0.05) is 6.07 Å². The van der Waals surface area contributed by atoms with Crippen molar-refractivity contribution in [2.45, 2.75) is 13.8 Å². The summed E-state index contributed by atoms with van der Waals surface area (Å²) in [6.07, 6.45) is 1.27. The highest BCUT2D eigenvalue weighted by Crippen LogP contribution is 2.24. The Morgan fingerprint density at radius 1 is 1.16 bits per heavy atom. The van der Waals surface area contributed by atoms with Gasteiger partial charge in [0.25, 0.3) is 5.91 Å². The third-order valence-corrected chi connectivity index (χ3v) is 4.30. The summed E-state index contributed by atoms with van der Waals surface area (Å²) in [5.74, 6) is 0.249. The molecule has 2 aromatic heterocycles. The molecule has 0 fully saturated rings. The molecule has 0 radical (unpaired) electrons. The Kier molecular flexibility index (Phi) is 3.57. The Hall–Kier alpha value is -3.41. The van der Waals surface area contributed by atoms with E-state index in [1.807, 2.05) is 50.2 Å². The monoisotopic (exact) mass is 332 g/mol. The Morgan fingerprint density at radius 3 is 2.84 bits per heavy atom. The van der Waals surface area contributed by atoms with Crippen LogP contribution < -0.4 is 5.32 Å². The molecule has 0 bridgehead atoms. The Balaban J connectivity index is 1.62. The summed E-state index contributed by atoms with van der Waals surface area (Å²) in [5.41, 5.74) is 5.33. The lowest BCUT2D eigenvalue weighted by atomic mass is 10.1. The summed E-state index contributed by atoms with van der Waals surface area (Å²) in [6, 6.07) is 13.0. The van der Waals surface area contributed by atoms with Gasteiger partial charge in [-0.15, -0.1) is 10.2 Å². The summed E-state index contributed by atoms with van der Waals surface area (Å²) < 4.78 is 5.19. The van der Waals surface area contributed by atoms with E-state index >= 15 is 0 Å². The number of aryl methyl sites for hydroxylation is 2. The molecule has 0 atom stereocenters. The SMILES string of the molecule is Cc1[nH]c2ccc(C(=O)Nc3cccc(-c4nnco4)c3)cc2c1C. The average Bonchev–Trinajstić information content (AvgIpc) is 3.24. The molecule has 0 aliphatic rings. The fourth-order valence-corrected chi connectivity index (χ4v) is 2.83. The van der Waals surface area contributed by atoms with E-state index in [1.165, 1.54) is 6.39 Å². The summed E-state index contributed by atoms with van der Waals surface area (Å²) in [6.45, 7) is 4.07. The van der Waals surface area contributed by atoms with Gasteiger partial charge in [-0.2, -0.15) is 0 Å². The van der Waals surface area contributed by atoms with E-state index in [0.29, 0.717) is 17.1 Å². The second-order valence-electron chi connectivity index (χ2n) is 5.91. The molecular formula is C19H16N4O2. The van der Waals surface area contributed by atoms with E-state index in [4.69, 9.17) is 4.42 Å². The molecule has 1 amide bonds. The zero-order valence-corrected chi connectivity index (χ0v) is 13.8. The third kappa shape index (κ3) is 2.78. The first-order valence-electron chi connectivity index (χ1n) is 7.89. The molecule has 124 valence electrons. The number of aromatic nitrogens is 3. The number of amides is 1. The highest BCUT2D eigenvalue weighted by atomic mass is 16.4. The van der Waals surface area contributed by atoms with Crippen LogP contribution in [0.1, 0.15) is 21.6 Å². The topological polar surface area (TPSA) is 83.8 Å². The molecule has 2 N–H and O–H groups in total. The minimum Gasteiger partial charge on any atom is -0.423 e. The van der Waals surface area contributed by atoms with Crippen LogP contribution in [0.15, 0.2) is 53.3 Å². The largest absolute Gasteiger partial charge is 0.423 e. The molecule has 0 aliphatic heterocycles. The molecule has 2 heterocycles. The third-order valence-electron chi connectivity index (χ3n) is 4.30. The number of nitrogens with one attached hydrogen (secondary N) is 2. The molecule has 4 aromatic rings. The summed E-state index contributed by atoms with van der Waals surface area (Å²) in [4.78, 5) is 15.9. The van der Waals surface area contributed by atoms with E-state index < -0.39 is 0 Å². The van der Waals surface area contributed by atoms with Crippen LogP contribution in [0, 0.1) is 13.8 Å². The zero-order valence-electron chi connectivity index (χ0n) is 13.8. The smallest absolute Gasteiger partial charge is 0.255 e. The fraction of sp³-hybridized carbons (Fsp3) is 0.105.